The number of rotatable bonds is 1. The molecule has 0 radical (unpaired) electrons. The van der Waals surface area contributed by atoms with Gasteiger partial charge in [0.1, 0.15) is 0 Å². The van der Waals surface area contributed by atoms with Crippen LogP contribution < -0.4 is 11.1 Å². The molecule has 0 atom stereocenters. The van der Waals surface area contributed by atoms with E-state index in [-0.39, 0.29) is 0 Å². The van der Waals surface area contributed by atoms with E-state index in [1.807, 2.05) is 6.92 Å². The molecule has 4 nitrogen and oxygen atoms in total. The summed E-state index contributed by atoms with van der Waals surface area (Å²) in [6.07, 6.45) is -0.482. The first-order chi connectivity index (χ1) is 6.13. The molecule has 0 saturated carbocycles. The van der Waals surface area contributed by atoms with Crippen molar-refractivity contribution in [1.82, 2.24) is 0 Å². The van der Waals surface area contributed by atoms with Crippen molar-refractivity contribution in [1.29, 1.82) is 0 Å². The van der Waals surface area contributed by atoms with Crippen molar-refractivity contribution in [3.8, 4) is 0 Å². The Balaban J connectivity index is 2.79. The van der Waals surface area contributed by atoms with E-state index < -0.39 is 6.09 Å². The Morgan fingerprint density at radius 2 is 2.23 bits per heavy atom. The van der Waals surface area contributed by atoms with Gasteiger partial charge in [-0.1, -0.05) is 0 Å². The predicted molar refractivity (Wildman–Crippen MR) is 51.6 cm³/mol. The molecule has 1 aromatic carbocycles. The molecule has 0 fully saturated rings. The topological polar surface area (TPSA) is 64.3 Å². The Hall–Kier alpha value is -1.71. The molecule has 3 N–H and O–H groups in total. The number of ether oxygens (including phenoxy) is 1. The van der Waals surface area contributed by atoms with Crippen LogP contribution in [-0.2, 0) is 4.74 Å². The zero-order chi connectivity index (χ0) is 9.84. The van der Waals surface area contributed by atoms with E-state index in [9.17, 15) is 4.79 Å². The number of aryl methyl sites for hydroxylation is 1. The molecule has 0 aromatic heterocycles. The Bertz CT molecular complexity index is 323. The molecular weight excluding hydrogens is 168 g/mol. The molecule has 1 aromatic rings. The zero-order valence-corrected chi connectivity index (χ0v) is 7.63. The second-order valence-electron chi connectivity index (χ2n) is 2.69. The quantitative estimate of drug-likeness (QED) is 0.647. The van der Waals surface area contributed by atoms with Crippen molar-refractivity contribution >= 4 is 17.5 Å². The highest BCUT2D eigenvalue weighted by Gasteiger charge is 2.01. The van der Waals surface area contributed by atoms with Crippen LogP contribution in [0.5, 0.6) is 0 Å². The summed E-state index contributed by atoms with van der Waals surface area (Å²) < 4.78 is 4.44. The van der Waals surface area contributed by atoms with Crippen LogP contribution in [0.1, 0.15) is 5.56 Å². The van der Waals surface area contributed by atoms with E-state index in [0.29, 0.717) is 11.4 Å². The summed E-state index contributed by atoms with van der Waals surface area (Å²) in [5, 5.41) is 2.54. The number of hydrogen-bond acceptors (Lipinski definition) is 3. The van der Waals surface area contributed by atoms with Crippen molar-refractivity contribution in [3.63, 3.8) is 0 Å². The van der Waals surface area contributed by atoms with Gasteiger partial charge in [0.15, 0.2) is 0 Å². The third-order valence-corrected chi connectivity index (χ3v) is 1.70. The molecular formula is C9H12N2O2. The van der Waals surface area contributed by atoms with Crippen LogP contribution in [0, 0.1) is 6.92 Å². The Kier molecular flexibility index (Phi) is 2.74. The number of nitrogen functional groups attached to an aromatic ring is 1. The fourth-order valence-corrected chi connectivity index (χ4v) is 0.922. The van der Waals surface area contributed by atoms with Gasteiger partial charge in [-0.15, -0.1) is 0 Å². The van der Waals surface area contributed by atoms with E-state index in [0.717, 1.165) is 5.56 Å². The average molecular weight is 180 g/mol. The number of carbonyl (C=O) groups is 1. The minimum Gasteiger partial charge on any atom is -0.453 e. The number of benzene rings is 1. The maximum atomic E-state index is 10.8. The van der Waals surface area contributed by atoms with Crippen molar-refractivity contribution in [2.24, 2.45) is 0 Å². The van der Waals surface area contributed by atoms with Crippen LogP contribution in [0.2, 0.25) is 0 Å². The van der Waals surface area contributed by atoms with Gasteiger partial charge in [-0.05, 0) is 30.7 Å². The minimum absolute atomic E-state index is 0.482. The van der Waals surface area contributed by atoms with Crippen LogP contribution in [0.15, 0.2) is 18.2 Å². The van der Waals surface area contributed by atoms with Crippen LogP contribution in [0.4, 0.5) is 16.2 Å². The predicted octanol–water partition coefficient (Wildman–Crippen LogP) is 1.76. The zero-order valence-electron chi connectivity index (χ0n) is 7.63. The summed E-state index contributed by atoms with van der Waals surface area (Å²) in [5.74, 6) is 0. The second kappa shape index (κ2) is 3.80. The van der Waals surface area contributed by atoms with Crippen LogP contribution in [0.25, 0.3) is 0 Å². The van der Waals surface area contributed by atoms with Crippen LogP contribution in [-0.4, -0.2) is 13.2 Å². The Morgan fingerprint density at radius 1 is 1.54 bits per heavy atom. The lowest BCUT2D eigenvalue weighted by Crippen LogP contribution is -2.11. The lowest BCUT2D eigenvalue weighted by molar-refractivity contribution is 0.187. The highest BCUT2D eigenvalue weighted by molar-refractivity contribution is 5.85. The fourth-order valence-electron chi connectivity index (χ4n) is 0.922. The summed E-state index contributed by atoms with van der Waals surface area (Å²) in [6.45, 7) is 1.87. The fraction of sp³-hybridized carbons (Fsp3) is 0.222. The van der Waals surface area contributed by atoms with Gasteiger partial charge >= 0.3 is 6.09 Å². The third kappa shape index (κ3) is 2.37. The van der Waals surface area contributed by atoms with E-state index in [1.165, 1.54) is 7.11 Å². The molecule has 13 heavy (non-hydrogen) atoms. The molecule has 0 spiro atoms. The van der Waals surface area contributed by atoms with Crippen LogP contribution >= 0.6 is 0 Å². The number of nitrogens with one attached hydrogen (secondary N) is 1. The van der Waals surface area contributed by atoms with Gasteiger partial charge in [0, 0.05) is 11.4 Å². The highest BCUT2D eigenvalue weighted by Crippen LogP contribution is 2.16. The number of nitrogens with two attached hydrogens (primary N) is 1. The van der Waals surface area contributed by atoms with Crippen molar-refractivity contribution in [3.05, 3.63) is 23.8 Å². The standard InChI is InChI=1S/C9H12N2O2/c1-6-5-7(3-4-8(6)10)11-9(12)13-2/h3-5H,10H2,1-2H3,(H,11,12). The minimum atomic E-state index is -0.482. The summed E-state index contributed by atoms with van der Waals surface area (Å²) in [7, 11) is 1.32. The summed E-state index contributed by atoms with van der Waals surface area (Å²) in [6, 6.07) is 5.24. The number of hydrogen-bond donors (Lipinski definition) is 2. The highest BCUT2D eigenvalue weighted by atomic mass is 16.5. The smallest absolute Gasteiger partial charge is 0.411 e. The normalized spacial score (nSPS) is 9.38. The van der Waals surface area contributed by atoms with Crippen molar-refractivity contribution < 1.29 is 9.53 Å². The van der Waals surface area contributed by atoms with E-state index in [2.05, 4.69) is 10.1 Å². The SMILES string of the molecule is COC(=O)Nc1ccc(N)c(C)c1. The number of anilines is 2. The Labute approximate surface area is 76.7 Å². The molecule has 0 heterocycles. The van der Waals surface area contributed by atoms with E-state index in [1.54, 1.807) is 18.2 Å². The summed E-state index contributed by atoms with van der Waals surface area (Å²) in [4.78, 5) is 10.8. The van der Waals surface area contributed by atoms with E-state index in [4.69, 9.17) is 5.73 Å². The van der Waals surface area contributed by atoms with Gasteiger partial charge in [-0.3, -0.25) is 5.32 Å². The summed E-state index contributed by atoms with van der Waals surface area (Å²) >= 11 is 0. The first-order valence-electron chi connectivity index (χ1n) is 3.84. The van der Waals surface area contributed by atoms with Crippen LogP contribution in [0.3, 0.4) is 0 Å². The molecule has 1 rings (SSSR count). The largest absolute Gasteiger partial charge is 0.453 e. The molecule has 0 unspecified atom stereocenters. The maximum absolute atomic E-state index is 10.8. The number of amides is 1. The second-order valence-corrected chi connectivity index (χ2v) is 2.69. The van der Waals surface area contributed by atoms with Gasteiger partial charge in [-0.2, -0.15) is 0 Å². The lowest BCUT2D eigenvalue weighted by atomic mass is 10.2. The number of methoxy groups -OCH3 is 1. The van der Waals surface area contributed by atoms with Gasteiger partial charge in [0.2, 0.25) is 0 Å². The molecule has 0 aliphatic rings. The monoisotopic (exact) mass is 180 g/mol. The first-order valence-corrected chi connectivity index (χ1v) is 3.84. The molecule has 1 amide bonds. The van der Waals surface area contributed by atoms with Crippen molar-refractivity contribution in [2.45, 2.75) is 6.92 Å². The molecule has 4 heteroatoms. The Morgan fingerprint density at radius 3 is 2.77 bits per heavy atom. The van der Waals surface area contributed by atoms with E-state index >= 15 is 0 Å². The molecule has 0 saturated heterocycles. The molecule has 0 aliphatic heterocycles. The van der Waals surface area contributed by atoms with Gasteiger partial charge in [-0.25, -0.2) is 4.79 Å². The summed E-state index contributed by atoms with van der Waals surface area (Å²) in [5.41, 5.74) is 7.92. The molecule has 0 bridgehead atoms. The third-order valence-electron chi connectivity index (χ3n) is 1.70. The van der Waals surface area contributed by atoms with Gasteiger partial charge in [0.05, 0.1) is 7.11 Å². The van der Waals surface area contributed by atoms with Gasteiger partial charge in [0.25, 0.3) is 0 Å². The molecule has 0 aliphatic carbocycles. The van der Waals surface area contributed by atoms with Gasteiger partial charge < -0.3 is 10.5 Å². The van der Waals surface area contributed by atoms with Crippen molar-refractivity contribution in [2.75, 3.05) is 18.2 Å². The lowest BCUT2D eigenvalue weighted by Gasteiger charge is -2.05. The number of carbonyl (C=O) groups excluding carboxylic acids is 1. The first kappa shape index (κ1) is 9.38. The average Bonchev–Trinajstić information content (AvgIpc) is 2.11. The molecule has 70 valence electrons. The maximum Gasteiger partial charge on any atom is 0.411 e.